The lowest BCUT2D eigenvalue weighted by Gasteiger charge is -2.33. The van der Waals surface area contributed by atoms with Crippen LogP contribution in [0.25, 0.3) is 0 Å². The summed E-state index contributed by atoms with van der Waals surface area (Å²) in [6.07, 6.45) is 5.16. The van der Waals surface area contributed by atoms with Gasteiger partial charge in [-0.3, -0.25) is 4.79 Å². The number of carbonyl (C=O) groups is 1. The fraction of sp³-hybridized carbons (Fsp3) is 0.929. The first-order chi connectivity index (χ1) is 7.86. The maximum atomic E-state index is 12.2. The van der Waals surface area contributed by atoms with Crippen molar-refractivity contribution in [3.05, 3.63) is 0 Å². The van der Waals surface area contributed by atoms with E-state index in [2.05, 4.69) is 6.92 Å². The number of hydrogen-bond donors (Lipinski definition) is 1. The van der Waals surface area contributed by atoms with Gasteiger partial charge in [0.1, 0.15) is 0 Å². The van der Waals surface area contributed by atoms with Gasteiger partial charge < -0.3 is 10.6 Å². The van der Waals surface area contributed by atoms with E-state index in [1.807, 2.05) is 25.8 Å². The second kappa shape index (κ2) is 5.85. The van der Waals surface area contributed by atoms with Crippen LogP contribution in [-0.4, -0.2) is 30.9 Å². The zero-order chi connectivity index (χ0) is 13.1. The van der Waals surface area contributed by atoms with Gasteiger partial charge in [-0.05, 0) is 38.5 Å². The molecule has 1 aliphatic carbocycles. The summed E-state index contributed by atoms with van der Waals surface area (Å²) >= 11 is 0. The first-order valence-electron chi connectivity index (χ1n) is 6.82. The molecule has 17 heavy (non-hydrogen) atoms. The van der Waals surface area contributed by atoms with Gasteiger partial charge in [0, 0.05) is 20.1 Å². The van der Waals surface area contributed by atoms with E-state index in [1.54, 1.807) is 0 Å². The largest absolute Gasteiger partial charge is 0.345 e. The molecule has 0 spiro atoms. The standard InChI is InChI=1S/C14H28N2O/c1-11-5-7-12(8-6-11)9-16(4)13(17)14(2,3)10-15/h11-12H,5-10,15H2,1-4H3. The monoisotopic (exact) mass is 240 g/mol. The van der Waals surface area contributed by atoms with Crippen LogP contribution in [0.3, 0.4) is 0 Å². The average molecular weight is 240 g/mol. The zero-order valence-electron chi connectivity index (χ0n) is 11.8. The number of rotatable bonds is 4. The highest BCUT2D eigenvalue weighted by Crippen LogP contribution is 2.29. The summed E-state index contributed by atoms with van der Waals surface area (Å²) < 4.78 is 0. The van der Waals surface area contributed by atoms with Crippen molar-refractivity contribution in [2.45, 2.75) is 46.5 Å². The molecule has 0 bridgehead atoms. The summed E-state index contributed by atoms with van der Waals surface area (Å²) in [5.41, 5.74) is 5.23. The maximum Gasteiger partial charge on any atom is 0.229 e. The summed E-state index contributed by atoms with van der Waals surface area (Å²) in [5, 5.41) is 0. The number of carbonyl (C=O) groups excluding carboxylic acids is 1. The van der Waals surface area contributed by atoms with Gasteiger partial charge in [0.2, 0.25) is 5.91 Å². The van der Waals surface area contributed by atoms with E-state index in [9.17, 15) is 4.79 Å². The van der Waals surface area contributed by atoms with Crippen LogP contribution in [-0.2, 0) is 4.79 Å². The van der Waals surface area contributed by atoms with Crippen molar-refractivity contribution in [3.63, 3.8) is 0 Å². The van der Waals surface area contributed by atoms with Crippen LogP contribution < -0.4 is 5.73 Å². The summed E-state index contributed by atoms with van der Waals surface area (Å²) in [4.78, 5) is 14.1. The van der Waals surface area contributed by atoms with Crippen LogP contribution in [0.2, 0.25) is 0 Å². The molecule has 0 aromatic rings. The molecule has 0 aromatic carbocycles. The highest BCUT2D eigenvalue weighted by atomic mass is 16.2. The minimum atomic E-state index is -0.420. The molecule has 2 N–H and O–H groups in total. The Morgan fingerprint density at radius 3 is 2.29 bits per heavy atom. The minimum absolute atomic E-state index is 0.179. The summed E-state index contributed by atoms with van der Waals surface area (Å²) in [6.45, 7) is 7.49. The highest BCUT2D eigenvalue weighted by Gasteiger charge is 2.30. The third-order valence-electron chi connectivity index (χ3n) is 4.10. The van der Waals surface area contributed by atoms with Crippen molar-refractivity contribution in [1.29, 1.82) is 0 Å². The van der Waals surface area contributed by atoms with E-state index in [-0.39, 0.29) is 5.91 Å². The molecule has 1 saturated carbocycles. The van der Waals surface area contributed by atoms with E-state index in [0.717, 1.165) is 12.5 Å². The second-order valence-corrected chi connectivity index (χ2v) is 6.40. The number of nitrogens with two attached hydrogens (primary N) is 1. The van der Waals surface area contributed by atoms with Gasteiger partial charge in [-0.2, -0.15) is 0 Å². The molecule has 0 aliphatic heterocycles. The van der Waals surface area contributed by atoms with Gasteiger partial charge in [0.15, 0.2) is 0 Å². The molecule has 0 aromatic heterocycles. The first-order valence-corrected chi connectivity index (χ1v) is 6.82. The smallest absolute Gasteiger partial charge is 0.229 e. The molecule has 1 aliphatic rings. The Labute approximate surface area is 106 Å². The quantitative estimate of drug-likeness (QED) is 0.819. The highest BCUT2D eigenvalue weighted by molar-refractivity contribution is 5.81. The molecule has 0 unspecified atom stereocenters. The van der Waals surface area contributed by atoms with Crippen molar-refractivity contribution < 1.29 is 4.79 Å². The van der Waals surface area contributed by atoms with E-state index in [0.29, 0.717) is 12.5 Å². The Morgan fingerprint density at radius 2 is 1.82 bits per heavy atom. The Balaban J connectivity index is 2.44. The molecule has 3 nitrogen and oxygen atoms in total. The van der Waals surface area contributed by atoms with Gasteiger partial charge in [-0.15, -0.1) is 0 Å². The third-order valence-corrected chi connectivity index (χ3v) is 4.10. The van der Waals surface area contributed by atoms with Crippen LogP contribution in [0.4, 0.5) is 0 Å². The van der Waals surface area contributed by atoms with Crippen molar-refractivity contribution in [3.8, 4) is 0 Å². The van der Waals surface area contributed by atoms with Gasteiger partial charge in [-0.1, -0.05) is 19.8 Å². The lowest BCUT2D eigenvalue weighted by atomic mass is 9.82. The zero-order valence-corrected chi connectivity index (χ0v) is 11.8. The van der Waals surface area contributed by atoms with Crippen LogP contribution in [0.1, 0.15) is 46.5 Å². The van der Waals surface area contributed by atoms with Crippen molar-refractivity contribution in [2.75, 3.05) is 20.1 Å². The van der Waals surface area contributed by atoms with Crippen LogP contribution in [0, 0.1) is 17.3 Å². The van der Waals surface area contributed by atoms with Crippen LogP contribution in [0.15, 0.2) is 0 Å². The normalized spacial score (nSPS) is 25.7. The molecule has 1 fully saturated rings. The maximum absolute atomic E-state index is 12.2. The fourth-order valence-corrected chi connectivity index (χ4v) is 2.59. The average Bonchev–Trinajstić information content (AvgIpc) is 2.31. The van der Waals surface area contributed by atoms with Gasteiger partial charge in [0.25, 0.3) is 0 Å². The van der Waals surface area contributed by atoms with E-state index in [4.69, 9.17) is 5.73 Å². The summed E-state index contributed by atoms with van der Waals surface area (Å²) in [7, 11) is 1.91. The molecule has 100 valence electrons. The topological polar surface area (TPSA) is 46.3 Å². The third kappa shape index (κ3) is 3.98. The number of hydrogen-bond acceptors (Lipinski definition) is 2. The van der Waals surface area contributed by atoms with E-state index < -0.39 is 5.41 Å². The Bertz CT molecular complexity index is 255. The second-order valence-electron chi connectivity index (χ2n) is 6.40. The molecule has 1 rings (SSSR count). The molecule has 0 atom stereocenters. The minimum Gasteiger partial charge on any atom is -0.345 e. The number of nitrogens with zero attached hydrogens (tertiary/aromatic N) is 1. The molecule has 0 heterocycles. The molecular formula is C14H28N2O. The molecule has 1 amide bonds. The SMILES string of the molecule is CC1CCC(CN(C)C(=O)C(C)(C)CN)CC1. The molecule has 0 radical (unpaired) electrons. The Morgan fingerprint density at radius 1 is 1.29 bits per heavy atom. The van der Waals surface area contributed by atoms with Crippen LogP contribution in [0.5, 0.6) is 0 Å². The van der Waals surface area contributed by atoms with E-state index in [1.165, 1.54) is 25.7 Å². The van der Waals surface area contributed by atoms with E-state index >= 15 is 0 Å². The predicted molar refractivity (Wildman–Crippen MR) is 71.6 cm³/mol. The van der Waals surface area contributed by atoms with Crippen molar-refractivity contribution in [2.24, 2.45) is 23.0 Å². The van der Waals surface area contributed by atoms with Gasteiger partial charge in [0.05, 0.1) is 5.41 Å². The predicted octanol–water partition coefficient (Wildman–Crippen LogP) is 2.26. The lowest BCUT2D eigenvalue weighted by molar-refractivity contribution is -0.139. The number of amides is 1. The molecule has 3 heteroatoms. The first kappa shape index (κ1) is 14.5. The van der Waals surface area contributed by atoms with Crippen molar-refractivity contribution in [1.82, 2.24) is 4.90 Å². The molecular weight excluding hydrogens is 212 g/mol. The van der Waals surface area contributed by atoms with Crippen LogP contribution >= 0.6 is 0 Å². The van der Waals surface area contributed by atoms with Crippen molar-refractivity contribution >= 4 is 5.91 Å². The molecule has 0 saturated heterocycles. The lowest BCUT2D eigenvalue weighted by Crippen LogP contribution is -2.44. The summed E-state index contributed by atoms with van der Waals surface area (Å²) in [6, 6.07) is 0. The van der Waals surface area contributed by atoms with Gasteiger partial charge in [-0.25, -0.2) is 0 Å². The fourth-order valence-electron chi connectivity index (χ4n) is 2.59. The summed E-state index contributed by atoms with van der Waals surface area (Å²) in [5.74, 6) is 1.74. The Kier molecular flexibility index (Phi) is 4.99. The van der Waals surface area contributed by atoms with Gasteiger partial charge >= 0.3 is 0 Å². The Hall–Kier alpha value is -0.570.